The maximum Gasteiger partial charge on any atom is 0.116 e. The molecule has 0 atom stereocenters. The second-order valence-corrected chi connectivity index (χ2v) is 4.61. The zero-order valence-corrected chi connectivity index (χ0v) is 12.6. The predicted octanol–water partition coefficient (Wildman–Crippen LogP) is 5.03. The quantitative estimate of drug-likeness (QED) is 0.700. The van der Waals surface area contributed by atoms with E-state index in [1.54, 1.807) is 26.4 Å². The van der Waals surface area contributed by atoms with Crippen LogP contribution < -0.4 is 0 Å². The van der Waals surface area contributed by atoms with E-state index in [0.717, 1.165) is 12.0 Å². The van der Waals surface area contributed by atoms with E-state index >= 15 is 0 Å². The summed E-state index contributed by atoms with van der Waals surface area (Å²) in [6, 6.07) is 7.36. The molecule has 0 aliphatic rings. The second kappa shape index (κ2) is 13.2. The third kappa shape index (κ3) is 11.5. The molecule has 1 aromatic carbocycles. The van der Waals surface area contributed by atoms with Gasteiger partial charge in [0.15, 0.2) is 0 Å². The number of methoxy groups -OCH3 is 1. The summed E-state index contributed by atoms with van der Waals surface area (Å²) < 4.78 is 4.25. The molecule has 0 heterocycles. The molecule has 1 N–H and O–H groups in total. The minimum absolute atomic E-state index is 0.338. The Morgan fingerprint density at radius 2 is 1.79 bits per heavy atom. The van der Waals surface area contributed by atoms with Crippen LogP contribution in [0.4, 0.5) is 0 Å². The van der Waals surface area contributed by atoms with E-state index in [0.29, 0.717) is 5.75 Å². The van der Waals surface area contributed by atoms with Gasteiger partial charge in [0.2, 0.25) is 0 Å². The maximum absolute atomic E-state index is 9.28. The Balaban J connectivity index is 0.000000982. The normalized spacial score (nSPS) is 10.3. The van der Waals surface area contributed by atoms with Crippen molar-refractivity contribution in [3.8, 4) is 5.75 Å². The highest BCUT2D eigenvalue weighted by molar-refractivity contribution is 5.51. The lowest BCUT2D eigenvalue weighted by Crippen LogP contribution is -1.76. The SMILES string of the molecule is CCCCCCCC=Cc1cccc(O)c1.COC. The molecular weight excluding hydrogens is 236 g/mol. The summed E-state index contributed by atoms with van der Waals surface area (Å²) in [5.41, 5.74) is 1.08. The molecule has 0 amide bonds. The molecule has 0 aliphatic heterocycles. The smallest absolute Gasteiger partial charge is 0.116 e. The molecular formula is C17H28O2. The molecule has 0 saturated heterocycles. The number of allylic oxidation sites excluding steroid dienone is 1. The Morgan fingerprint density at radius 3 is 2.42 bits per heavy atom. The summed E-state index contributed by atoms with van der Waals surface area (Å²) in [5.74, 6) is 0.338. The number of phenols is 1. The van der Waals surface area contributed by atoms with E-state index in [1.165, 1.54) is 32.1 Å². The van der Waals surface area contributed by atoms with Crippen molar-refractivity contribution in [2.24, 2.45) is 0 Å². The minimum atomic E-state index is 0.338. The van der Waals surface area contributed by atoms with Crippen molar-refractivity contribution in [2.45, 2.75) is 45.4 Å². The molecule has 0 unspecified atom stereocenters. The maximum atomic E-state index is 9.28. The molecule has 2 heteroatoms. The first kappa shape index (κ1) is 17.7. The Morgan fingerprint density at radius 1 is 1.11 bits per heavy atom. The number of aromatic hydroxyl groups is 1. The summed E-state index contributed by atoms with van der Waals surface area (Å²) >= 11 is 0. The highest BCUT2D eigenvalue weighted by Gasteiger charge is 1.89. The first-order valence-corrected chi connectivity index (χ1v) is 7.10. The molecule has 0 aliphatic carbocycles. The van der Waals surface area contributed by atoms with Gasteiger partial charge in [-0.2, -0.15) is 0 Å². The van der Waals surface area contributed by atoms with Gasteiger partial charge in [0, 0.05) is 14.2 Å². The largest absolute Gasteiger partial charge is 0.508 e. The third-order valence-corrected chi connectivity index (χ3v) is 2.65. The van der Waals surface area contributed by atoms with Crippen LogP contribution in [-0.4, -0.2) is 19.3 Å². The van der Waals surface area contributed by atoms with Crippen molar-refractivity contribution in [3.63, 3.8) is 0 Å². The minimum Gasteiger partial charge on any atom is -0.508 e. The zero-order valence-electron chi connectivity index (χ0n) is 12.6. The average Bonchev–Trinajstić information content (AvgIpc) is 2.39. The monoisotopic (exact) mass is 264 g/mol. The summed E-state index contributed by atoms with van der Waals surface area (Å²) in [5, 5.41) is 9.28. The van der Waals surface area contributed by atoms with Crippen molar-refractivity contribution < 1.29 is 9.84 Å². The van der Waals surface area contributed by atoms with Gasteiger partial charge in [-0.3, -0.25) is 0 Å². The number of rotatable bonds is 7. The van der Waals surface area contributed by atoms with Crippen LogP contribution in [0.5, 0.6) is 5.75 Å². The Hall–Kier alpha value is -1.28. The van der Waals surface area contributed by atoms with Gasteiger partial charge in [0.05, 0.1) is 0 Å². The van der Waals surface area contributed by atoms with Gasteiger partial charge in [0.1, 0.15) is 5.75 Å². The standard InChI is InChI=1S/C15H22O.C2H6O/c1-2-3-4-5-6-7-8-10-14-11-9-12-15(16)13-14;1-3-2/h8-13,16H,2-7H2,1H3;1-2H3. The number of benzene rings is 1. The van der Waals surface area contributed by atoms with Crippen molar-refractivity contribution >= 4 is 6.08 Å². The molecule has 0 radical (unpaired) electrons. The number of hydrogen-bond acceptors (Lipinski definition) is 2. The van der Waals surface area contributed by atoms with Crippen LogP contribution in [0.25, 0.3) is 6.08 Å². The summed E-state index contributed by atoms with van der Waals surface area (Å²) in [6.45, 7) is 2.24. The number of ether oxygens (including phenoxy) is 1. The first-order valence-electron chi connectivity index (χ1n) is 7.10. The summed E-state index contributed by atoms with van der Waals surface area (Å²) in [4.78, 5) is 0. The predicted molar refractivity (Wildman–Crippen MR) is 83.4 cm³/mol. The highest BCUT2D eigenvalue weighted by atomic mass is 16.4. The van der Waals surface area contributed by atoms with Crippen molar-refractivity contribution in [1.29, 1.82) is 0 Å². The molecule has 108 valence electrons. The summed E-state index contributed by atoms with van der Waals surface area (Å²) in [6.07, 6.45) is 12.0. The lowest BCUT2D eigenvalue weighted by Gasteiger charge is -1.97. The van der Waals surface area contributed by atoms with E-state index in [2.05, 4.69) is 23.8 Å². The van der Waals surface area contributed by atoms with E-state index in [4.69, 9.17) is 0 Å². The van der Waals surface area contributed by atoms with E-state index < -0.39 is 0 Å². The molecule has 0 spiro atoms. The number of unbranched alkanes of at least 4 members (excludes halogenated alkanes) is 5. The van der Waals surface area contributed by atoms with Gasteiger partial charge < -0.3 is 9.84 Å². The Labute approximate surface area is 118 Å². The van der Waals surface area contributed by atoms with E-state index in [-0.39, 0.29) is 0 Å². The van der Waals surface area contributed by atoms with Gasteiger partial charge in [-0.1, -0.05) is 56.9 Å². The molecule has 19 heavy (non-hydrogen) atoms. The van der Waals surface area contributed by atoms with Gasteiger partial charge >= 0.3 is 0 Å². The zero-order chi connectivity index (χ0) is 14.3. The fourth-order valence-electron chi connectivity index (χ4n) is 1.71. The molecule has 0 saturated carbocycles. The van der Waals surface area contributed by atoms with Crippen LogP contribution in [0.2, 0.25) is 0 Å². The number of phenolic OH excluding ortho intramolecular Hbond substituents is 1. The third-order valence-electron chi connectivity index (χ3n) is 2.65. The second-order valence-electron chi connectivity index (χ2n) is 4.61. The van der Waals surface area contributed by atoms with Crippen LogP contribution >= 0.6 is 0 Å². The lowest BCUT2D eigenvalue weighted by molar-refractivity contribution is 0.277. The Bertz CT molecular complexity index is 332. The van der Waals surface area contributed by atoms with E-state index in [9.17, 15) is 5.11 Å². The molecule has 0 fully saturated rings. The average molecular weight is 264 g/mol. The molecule has 1 rings (SSSR count). The van der Waals surface area contributed by atoms with Gasteiger partial charge in [0.25, 0.3) is 0 Å². The fraction of sp³-hybridized carbons (Fsp3) is 0.529. The number of hydrogen-bond donors (Lipinski definition) is 1. The molecule has 2 nitrogen and oxygen atoms in total. The van der Waals surface area contributed by atoms with Crippen LogP contribution in [0.1, 0.15) is 51.0 Å². The van der Waals surface area contributed by atoms with Gasteiger partial charge in [-0.15, -0.1) is 0 Å². The highest BCUT2D eigenvalue weighted by Crippen LogP contribution is 2.13. The van der Waals surface area contributed by atoms with Crippen molar-refractivity contribution in [3.05, 3.63) is 35.9 Å². The van der Waals surface area contributed by atoms with Gasteiger partial charge in [-0.25, -0.2) is 0 Å². The van der Waals surface area contributed by atoms with Crippen molar-refractivity contribution in [1.82, 2.24) is 0 Å². The lowest BCUT2D eigenvalue weighted by atomic mass is 10.1. The van der Waals surface area contributed by atoms with Gasteiger partial charge in [-0.05, 0) is 30.5 Å². The Kier molecular flexibility index (Phi) is 12.3. The molecule has 0 aromatic heterocycles. The fourth-order valence-corrected chi connectivity index (χ4v) is 1.71. The van der Waals surface area contributed by atoms with Crippen LogP contribution in [0.15, 0.2) is 30.3 Å². The molecule has 0 bridgehead atoms. The van der Waals surface area contributed by atoms with Crippen LogP contribution in [0.3, 0.4) is 0 Å². The van der Waals surface area contributed by atoms with Crippen molar-refractivity contribution in [2.75, 3.05) is 14.2 Å². The molecule has 1 aromatic rings. The van der Waals surface area contributed by atoms with Crippen LogP contribution in [0, 0.1) is 0 Å². The van der Waals surface area contributed by atoms with E-state index in [1.807, 2.05) is 12.1 Å². The topological polar surface area (TPSA) is 29.5 Å². The summed E-state index contributed by atoms with van der Waals surface area (Å²) in [7, 11) is 3.25. The van der Waals surface area contributed by atoms with Crippen LogP contribution in [-0.2, 0) is 4.74 Å². The first-order chi connectivity index (χ1) is 9.24.